The molecule has 0 saturated carbocycles. The lowest BCUT2D eigenvalue weighted by Crippen LogP contribution is -2.20. The summed E-state index contributed by atoms with van der Waals surface area (Å²) >= 11 is 6.11. The molecular weight excluding hydrogens is 362 g/mol. The van der Waals surface area contributed by atoms with Crippen LogP contribution in [0, 0.1) is 0 Å². The van der Waals surface area contributed by atoms with E-state index in [1.54, 1.807) is 33.5 Å². The number of pyridine rings is 1. The van der Waals surface area contributed by atoms with Gasteiger partial charge in [0.05, 0.1) is 22.3 Å². The molecule has 3 heterocycles. The summed E-state index contributed by atoms with van der Waals surface area (Å²) in [5.74, 6) is 0.446. The predicted molar refractivity (Wildman–Crippen MR) is 104 cm³/mol. The SMILES string of the molecule is O=c1c2c(-c3ccccc3)n3ncnc3nc2ccn1-c1cccc(Cl)c1. The van der Waals surface area contributed by atoms with Gasteiger partial charge < -0.3 is 0 Å². The third-order valence-electron chi connectivity index (χ3n) is 4.40. The number of hydrogen-bond donors (Lipinski definition) is 0. The Bertz CT molecular complexity index is 1360. The van der Waals surface area contributed by atoms with E-state index >= 15 is 0 Å². The molecule has 3 aromatic heterocycles. The van der Waals surface area contributed by atoms with Crippen LogP contribution in [-0.4, -0.2) is 24.1 Å². The number of halogens is 1. The molecule has 7 heteroatoms. The molecule has 0 radical (unpaired) electrons. The molecule has 0 N–H and O–H groups in total. The van der Waals surface area contributed by atoms with E-state index < -0.39 is 0 Å². The molecule has 5 aromatic rings. The third-order valence-corrected chi connectivity index (χ3v) is 4.64. The molecule has 0 amide bonds. The van der Waals surface area contributed by atoms with Gasteiger partial charge in [-0.3, -0.25) is 9.36 Å². The molecule has 0 bridgehead atoms. The lowest BCUT2D eigenvalue weighted by Gasteiger charge is -2.11. The average molecular weight is 374 g/mol. The van der Waals surface area contributed by atoms with E-state index in [0.717, 1.165) is 5.56 Å². The first kappa shape index (κ1) is 15.7. The van der Waals surface area contributed by atoms with Gasteiger partial charge in [-0.1, -0.05) is 48.0 Å². The molecule has 0 aliphatic carbocycles. The quantitative estimate of drug-likeness (QED) is 0.472. The molecule has 2 aromatic carbocycles. The van der Waals surface area contributed by atoms with Crippen molar-refractivity contribution in [3.8, 4) is 16.9 Å². The first-order valence-electron chi connectivity index (χ1n) is 8.29. The molecule has 0 aliphatic heterocycles. The maximum atomic E-state index is 13.4. The Kier molecular flexibility index (Phi) is 3.51. The van der Waals surface area contributed by atoms with Crippen molar-refractivity contribution in [1.82, 2.24) is 24.1 Å². The Labute approximate surface area is 158 Å². The third kappa shape index (κ3) is 2.50. The van der Waals surface area contributed by atoms with E-state index in [9.17, 15) is 4.79 Å². The lowest BCUT2D eigenvalue weighted by atomic mass is 10.1. The van der Waals surface area contributed by atoms with Crippen LogP contribution in [0.1, 0.15) is 0 Å². The van der Waals surface area contributed by atoms with Crippen molar-refractivity contribution in [2.45, 2.75) is 0 Å². The van der Waals surface area contributed by atoms with E-state index in [-0.39, 0.29) is 5.56 Å². The van der Waals surface area contributed by atoms with Crippen molar-refractivity contribution >= 4 is 28.3 Å². The Morgan fingerprint density at radius 1 is 0.963 bits per heavy atom. The van der Waals surface area contributed by atoms with Crippen LogP contribution in [0.4, 0.5) is 0 Å². The van der Waals surface area contributed by atoms with Gasteiger partial charge in [0.1, 0.15) is 6.33 Å². The van der Waals surface area contributed by atoms with Crippen LogP contribution >= 0.6 is 11.6 Å². The smallest absolute Gasteiger partial charge is 0.266 e. The minimum Gasteiger partial charge on any atom is -0.284 e. The summed E-state index contributed by atoms with van der Waals surface area (Å²) in [6, 6.07) is 18.6. The van der Waals surface area contributed by atoms with E-state index in [1.165, 1.54) is 6.33 Å². The predicted octanol–water partition coefficient (Wildman–Crippen LogP) is 3.75. The van der Waals surface area contributed by atoms with Crippen LogP contribution in [0.2, 0.25) is 5.02 Å². The summed E-state index contributed by atoms with van der Waals surface area (Å²) in [6.45, 7) is 0. The van der Waals surface area contributed by atoms with Crippen LogP contribution < -0.4 is 5.56 Å². The highest BCUT2D eigenvalue weighted by atomic mass is 35.5. The molecule has 0 aliphatic rings. The highest BCUT2D eigenvalue weighted by Gasteiger charge is 2.17. The van der Waals surface area contributed by atoms with Gasteiger partial charge in [-0.15, -0.1) is 0 Å². The molecular formula is C20H12ClN5O. The molecule has 27 heavy (non-hydrogen) atoms. The Morgan fingerprint density at radius 2 is 1.81 bits per heavy atom. The number of fused-ring (bicyclic) bond motifs is 2. The first-order chi connectivity index (χ1) is 13.2. The maximum Gasteiger partial charge on any atom is 0.266 e. The summed E-state index contributed by atoms with van der Waals surface area (Å²) in [5, 5.41) is 5.31. The molecule has 0 atom stereocenters. The largest absolute Gasteiger partial charge is 0.284 e. The number of rotatable bonds is 2. The standard InChI is InChI=1S/C20H12ClN5O/c21-14-7-4-8-15(11-14)25-10-9-16-17(19(25)27)18(13-5-2-1-3-6-13)26-20(24-16)22-12-23-26/h1-12H. The van der Waals surface area contributed by atoms with E-state index in [4.69, 9.17) is 11.6 Å². The van der Waals surface area contributed by atoms with Crippen molar-refractivity contribution in [3.05, 3.63) is 88.6 Å². The highest BCUT2D eigenvalue weighted by Crippen LogP contribution is 2.26. The molecule has 0 unspecified atom stereocenters. The zero-order valence-corrected chi connectivity index (χ0v) is 14.7. The van der Waals surface area contributed by atoms with Crippen molar-refractivity contribution in [1.29, 1.82) is 0 Å². The second kappa shape index (κ2) is 6.03. The van der Waals surface area contributed by atoms with Gasteiger partial charge in [0, 0.05) is 16.8 Å². The summed E-state index contributed by atoms with van der Waals surface area (Å²) in [4.78, 5) is 22.1. The number of nitrogens with zero attached hydrogens (tertiary/aromatic N) is 5. The fourth-order valence-corrected chi connectivity index (χ4v) is 3.40. The second-order valence-electron chi connectivity index (χ2n) is 6.03. The van der Waals surface area contributed by atoms with Gasteiger partial charge in [0.2, 0.25) is 0 Å². The Morgan fingerprint density at radius 3 is 2.63 bits per heavy atom. The topological polar surface area (TPSA) is 65.1 Å². The molecule has 6 nitrogen and oxygen atoms in total. The minimum absolute atomic E-state index is 0.196. The van der Waals surface area contributed by atoms with Crippen LogP contribution in [0.25, 0.3) is 33.6 Å². The average Bonchev–Trinajstić information content (AvgIpc) is 3.15. The first-order valence-corrected chi connectivity index (χ1v) is 8.66. The summed E-state index contributed by atoms with van der Waals surface area (Å²) in [7, 11) is 0. The zero-order chi connectivity index (χ0) is 18.4. The van der Waals surface area contributed by atoms with E-state index in [0.29, 0.717) is 33.1 Å². The monoisotopic (exact) mass is 373 g/mol. The lowest BCUT2D eigenvalue weighted by molar-refractivity contribution is 0.948. The normalized spacial score (nSPS) is 11.3. The zero-order valence-electron chi connectivity index (χ0n) is 14.0. The van der Waals surface area contributed by atoms with Crippen LogP contribution in [0.3, 0.4) is 0 Å². The molecule has 5 rings (SSSR count). The van der Waals surface area contributed by atoms with Gasteiger partial charge in [-0.25, -0.2) is 4.98 Å². The van der Waals surface area contributed by atoms with Crippen molar-refractivity contribution in [2.24, 2.45) is 0 Å². The molecule has 0 spiro atoms. The van der Waals surface area contributed by atoms with Crippen molar-refractivity contribution in [2.75, 3.05) is 0 Å². The van der Waals surface area contributed by atoms with E-state index in [2.05, 4.69) is 15.1 Å². The van der Waals surface area contributed by atoms with Gasteiger partial charge in [-0.05, 0) is 24.3 Å². The van der Waals surface area contributed by atoms with Crippen LogP contribution in [0.5, 0.6) is 0 Å². The molecule has 0 saturated heterocycles. The van der Waals surface area contributed by atoms with Gasteiger partial charge >= 0.3 is 0 Å². The number of benzene rings is 2. The number of hydrogen-bond acceptors (Lipinski definition) is 4. The van der Waals surface area contributed by atoms with Crippen LogP contribution in [0.15, 0.2) is 78.0 Å². The molecule has 130 valence electrons. The maximum absolute atomic E-state index is 13.4. The van der Waals surface area contributed by atoms with Crippen molar-refractivity contribution in [3.63, 3.8) is 0 Å². The van der Waals surface area contributed by atoms with Gasteiger partial charge in [0.25, 0.3) is 11.3 Å². The summed E-state index contributed by atoms with van der Waals surface area (Å²) in [5.41, 5.74) is 2.58. The fraction of sp³-hybridized carbons (Fsp3) is 0. The second-order valence-corrected chi connectivity index (χ2v) is 6.47. The fourth-order valence-electron chi connectivity index (χ4n) is 3.22. The Balaban J connectivity index is 1.93. The van der Waals surface area contributed by atoms with Crippen molar-refractivity contribution < 1.29 is 0 Å². The summed E-state index contributed by atoms with van der Waals surface area (Å²) in [6.07, 6.45) is 3.13. The highest BCUT2D eigenvalue weighted by molar-refractivity contribution is 6.30. The van der Waals surface area contributed by atoms with Gasteiger partial charge in [-0.2, -0.15) is 14.6 Å². The Hall–Kier alpha value is -3.51. The minimum atomic E-state index is -0.196. The molecule has 0 fully saturated rings. The van der Waals surface area contributed by atoms with E-state index in [1.807, 2.05) is 42.5 Å². The number of aromatic nitrogens is 5. The van der Waals surface area contributed by atoms with Crippen LogP contribution in [-0.2, 0) is 0 Å². The summed E-state index contributed by atoms with van der Waals surface area (Å²) < 4.78 is 3.16. The van der Waals surface area contributed by atoms with Gasteiger partial charge in [0.15, 0.2) is 0 Å².